The smallest absolute Gasteiger partial charge is 0.325 e. The largest absolute Gasteiger partial charge is 0.504 e. The standard InChI is InChI=1S/C16H23NO4/c1-3-21-14-9-12(6-7-13(14)18)15(16(19)20)17-8-4-5-11(2)10-17/h6-7,9,11,15,18H,3-5,8,10H2,1-2H3,(H,19,20). The highest BCUT2D eigenvalue weighted by molar-refractivity contribution is 5.76. The minimum Gasteiger partial charge on any atom is -0.504 e. The normalized spacial score (nSPS) is 21.0. The molecule has 1 saturated heterocycles. The Hall–Kier alpha value is -1.75. The molecule has 1 aromatic rings. The van der Waals surface area contributed by atoms with Crippen molar-refractivity contribution in [3.05, 3.63) is 23.8 Å². The van der Waals surface area contributed by atoms with Crippen LogP contribution in [0.3, 0.4) is 0 Å². The monoisotopic (exact) mass is 293 g/mol. The third kappa shape index (κ3) is 3.67. The highest BCUT2D eigenvalue weighted by Crippen LogP contribution is 2.33. The summed E-state index contributed by atoms with van der Waals surface area (Å²) in [6, 6.07) is 4.11. The Morgan fingerprint density at radius 1 is 1.52 bits per heavy atom. The van der Waals surface area contributed by atoms with Gasteiger partial charge < -0.3 is 14.9 Å². The number of phenols is 1. The molecule has 0 bridgehead atoms. The maximum absolute atomic E-state index is 11.7. The van der Waals surface area contributed by atoms with Gasteiger partial charge in [-0.05, 0) is 49.9 Å². The van der Waals surface area contributed by atoms with E-state index in [0.717, 1.165) is 25.9 Å². The van der Waals surface area contributed by atoms with Crippen molar-refractivity contribution in [2.75, 3.05) is 19.7 Å². The molecule has 116 valence electrons. The number of aromatic hydroxyl groups is 1. The lowest BCUT2D eigenvalue weighted by atomic mass is 9.96. The van der Waals surface area contributed by atoms with Crippen molar-refractivity contribution < 1.29 is 19.7 Å². The van der Waals surface area contributed by atoms with Crippen LogP contribution in [-0.2, 0) is 4.79 Å². The highest BCUT2D eigenvalue weighted by atomic mass is 16.5. The van der Waals surface area contributed by atoms with Crippen LogP contribution in [0.2, 0.25) is 0 Å². The van der Waals surface area contributed by atoms with Crippen molar-refractivity contribution in [2.45, 2.75) is 32.7 Å². The van der Waals surface area contributed by atoms with Gasteiger partial charge in [0, 0.05) is 6.54 Å². The lowest BCUT2D eigenvalue weighted by Gasteiger charge is -2.35. The Kier molecular flexibility index (Phi) is 5.07. The molecule has 0 aliphatic carbocycles. The molecule has 2 atom stereocenters. The van der Waals surface area contributed by atoms with E-state index in [1.807, 2.05) is 11.8 Å². The lowest BCUT2D eigenvalue weighted by molar-refractivity contribution is -0.144. The molecule has 5 heteroatoms. The second kappa shape index (κ2) is 6.80. The fourth-order valence-corrected chi connectivity index (χ4v) is 2.94. The number of piperidine rings is 1. The number of carbonyl (C=O) groups is 1. The number of hydrogen-bond acceptors (Lipinski definition) is 4. The Morgan fingerprint density at radius 2 is 2.29 bits per heavy atom. The van der Waals surface area contributed by atoms with Crippen LogP contribution in [0.5, 0.6) is 11.5 Å². The van der Waals surface area contributed by atoms with E-state index in [0.29, 0.717) is 23.8 Å². The summed E-state index contributed by atoms with van der Waals surface area (Å²) in [6.07, 6.45) is 2.16. The Balaban J connectivity index is 2.29. The molecule has 0 radical (unpaired) electrons. The zero-order valence-electron chi connectivity index (χ0n) is 12.6. The Bertz CT molecular complexity index is 503. The Morgan fingerprint density at radius 3 is 2.90 bits per heavy atom. The molecule has 1 fully saturated rings. The van der Waals surface area contributed by atoms with Gasteiger partial charge in [0.15, 0.2) is 11.5 Å². The fourth-order valence-electron chi connectivity index (χ4n) is 2.94. The second-order valence-electron chi connectivity index (χ2n) is 5.64. The number of nitrogens with zero attached hydrogens (tertiary/aromatic N) is 1. The van der Waals surface area contributed by atoms with Gasteiger partial charge in [-0.1, -0.05) is 13.0 Å². The summed E-state index contributed by atoms with van der Waals surface area (Å²) in [4.78, 5) is 13.7. The molecule has 2 unspecified atom stereocenters. The summed E-state index contributed by atoms with van der Waals surface area (Å²) < 4.78 is 5.35. The SMILES string of the molecule is CCOc1cc(C(C(=O)O)N2CCCC(C)C2)ccc1O. The van der Waals surface area contributed by atoms with Gasteiger partial charge in [0.05, 0.1) is 6.61 Å². The predicted molar refractivity (Wildman–Crippen MR) is 79.6 cm³/mol. The van der Waals surface area contributed by atoms with Crippen LogP contribution in [0.1, 0.15) is 38.3 Å². The minimum absolute atomic E-state index is 0.0387. The molecule has 1 aliphatic rings. The van der Waals surface area contributed by atoms with Crippen LogP contribution in [0, 0.1) is 5.92 Å². The lowest BCUT2D eigenvalue weighted by Crippen LogP contribution is -2.40. The van der Waals surface area contributed by atoms with Crippen molar-refractivity contribution in [2.24, 2.45) is 5.92 Å². The molecule has 2 N–H and O–H groups in total. The van der Waals surface area contributed by atoms with E-state index in [1.165, 1.54) is 6.07 Å². The topological polar surface area (TPSA) is 70.0 Å². The first-order valence-corrected chi connectivity index (χ1v) is 7.45. The molecule has 1 aliphatic heterocycles. The maximum atomic E-state index is 11.7. The molecule has 21 heavy (non-hydrogen) atoms. The van der Waals surface area contributed by atoms with E-state index in [9.17, 15) is 15.0 Å². The number of phenolic OH excluding ortho intramolecular Hbond substituents is 1. The molecule has 1 heterocycles. The van der Waals surface area contributed by atoms with Gasteiger partial charge in [-0.25, -0.2) is 0 Å². The van der Waals surface area contributed by atoms with Crippen molar-refractivity contribution in [1.29, 1.82) is 0 Å². The molecular formula is C16H23NO4. The van der Waals surface area contributed by atoms with Crippen LogP contribution in [0.4, 0.5) is 0 Å². The van der Waals surface area contributed by atoms with Crippen LogP contribution in [-0.4, -0.2) is 40.8 Å². The van der Waals surface area contributed by atoms with Crippen molar-refractivity contribution in [1.82, 2.24) is 4.90 Å². The fraction of sp³-hybridized carbons (Fsp3) is 0.562. The first-order valence-electron chi connectivity index (χ1n) is 7.45. The van der Waals surface area contributed by atoms with Crippen molar-refractivity contribution in [3.8, 4) is 11.5 Å². The summed E-state index contributed by atoms with van der Waals surface area (Å²) in [5, 5.41) is 19.4. The average Bonchev–Trinajstić information content (AvgIpc) is 2.42. The van der Waals surface area contributed by atoms with Crippen LogP contribution < -0.4 is 4.74 Å². The maximum Gasteiger partial charge on any atom is 0.325 e. The molecule has 2 rings (SSSR count). The van der Waals surface area contributed by atoms with Gasteiger partial charge in [-0.15, -0.1) is 0 Å². The zero-order valence-corrected chi connectivity index (χ0v) is 12.6. The van der Waals surface area contributed by atoms with Crippen LogP contribution in [0.25, 0.3) is 0 Å². The number of rotatable bonds is 5. The summed E-state index contributed by atoms with van der Waals surface area (Å²) in [5.74, 6) is 0.0179. The summed E-state index contributed by atoms with van der Waals surface area (Å²) >= 11 is 0. The van der Waals surface area contributed by atoms with Crippen molar-refractivity contribution in [3.63, 3.8) is 0 Å². The number of benzene rings is 1. The first-order chi connectivity index (χ1) is 10.0. The van der Waals surface area contributed by atoms with E-state index in [2.05, 4.69) is 6.92 Å². The molecule has 0 aromatic heterocycles. The summed E-state index contributed by atoms with van der Waals surface area (Å²) in [7, 11) is 0. The minimum atomic E-state index is -0.864. The van der Waals surface area contributed by atoms with Crippen LogP contribution >= 0.6 is 0 Å². The van der Waals surface area contributed by atoms with Gasteiger partial charge in [-0.3, -0.25) is 9.69 Å². The van der Waals surface area contributed by atoms with Gasteiger partial charge in [0.25, 0.3) is 0 Å². The number of aliphatic carboxylic acids is 1. The van der Waals surface area contributed by atoms with E-state index >= 15 is 0 Å². The van der Waals surface area contributed by atoms with E-state index < -0.39 is 12.0 Å². The summed E-state index contributed by atoms with van der Waals surface area (Å²) in [5.41, 5.74) is 0.651. The molecule has 0 spiro atoms. The molecular weight excluding hydrogens is 270 g/mol. The quantitative estimate of drug-likeness (QED) is 0.873. The van der Waals surface area contributed by atoms with E-state index in [4.69, 9.17) is 4.74 Å². The molecule has 1 aromatic carbocycles. The molecule has 5 nitrogen and oxygen atoms in total. The second-order valence-corrected chi connectivity index (χ2v) is 5.64. The van der Waals surface area contributed by atoms with Gasteiger partial charge in [0.2, 0.25) is 0 Å². The van der Waals surface area contributed by atoms with E-state index in [-0.39, 0.29) is 5.75 Å². The number of likely N-dealkylation sites (tertiary alicyclic amines) is 1. The average molecular weight is 293 g/mol. The first kappa shape index (κ1) is 15.6. The third-order valence-electron chi connectivity index (χ3n) is 3.89. The number of hydrogen-bond donors (Lipinski definition) is 2. The third-order valence-corrected chi connectivity index (χ3v) is 3.89. The summed E-state index contributed by atoms with van der Waals surface area (Å²) in [6.45, 7) is 5.96. The predicted octanol–water partition coefficient (Wildman–Crippen LogP) is 2.65. The number of carboxylic acid groups (broad SMARTS) is 1. The number of ether oxygens (including phenoxy) is 1. The van der Waals surface area contributed by atoms with Crippen molar-refractivity contribution >= 4 is 5.97 Å². The molecule has 0 saturated carbocycles. The van der Waals surface area contributed by atoms with Crippen LogP contribution in [0.15, 0.2) is 18.2 Å². The molecule has 0 amide bonds. The van der Waals surface area contributed by atoms with Gasteiger partial charge in [-0.2, -0.15) is 0 Å². The zero-order chi connectivity index (χ0) is 15.4. The Labute approximate surface area is 125 Å². The van der Waals surface area contributed by atoms with E-state index in [1.54, 1.807) is 12.1 Å². The highest BCUT2D eigenvalue weighted by Gasteiger charge is 2.31. The van der Waals surface area contributed by atoms with Gasteiger partial charge in [0.1, 0.15) is 6.04 Å². The van der Waals surface area contributed by atoms with Gasteiger partial charge >= 0.3 is 5.97 Å². The number of carboxylic acids is 1.